The summed E-state index contributed by atoms with van der Waals surface area (Å²) in [5.41, 5.74) is 0.621. The summed E-state index contributed by atoms with van der Waals surface area (Å²) in [6, 6.07) is 13.3. The van der Waals surface area contributed by atoms with Gasteiger partial charge in [0.2, 0.25) is 5.52 Å². The van der Waals surface area contributed by atoms with Crippen molar-refractivity contribution in [2.75, 3.05) is 7.11 Å². The Morgan fingerprint density at radius 2 is 1.81 bits per heavy atom. The van der Waals surface area contributed by atoms with Gasteiger partial charge in [-0.2, -0.15) is 4.73 Å². The summed E-state index contributed by atoms with van der Waals surface area (Å²) in [5, 5.41) is 12.5. The zero-order valence-electron chi connectivity index (χ0n) is 13.6. The zero-order valence-corrected chi connectivity index (χ0v) is 15.2. The van der Waals surface area contributed by atoms with Crippen LogP contribution in [0.25, 0.3) is 11.0 Å². The molecule has 0 aliphatic rings. The molecule has 3 aromatic rings. The number of carbonyl (C=O) groups excluding carboxylic acids is 2. The van der Waals surface area contributed by atoms with Crippen molar-refractivity contribution in [3.05, 3.63) is 75.2 Å². The van der Waals surface area contributed by atoms with Crippen LogP contribution in [0, 0.1) is 5.21 Å². The van der Waals surface area contributed by atoms with Crippen LogP contribution in [0.2, 0.25) is 0 Å². The molecule has 0 saturated carbocycles. The van der Waals surface area contributed by atoms with E-state index in [1.165, 1.54) is 0 Å². The van der Waals surface area contributed by atoms with E-state index in [2.05, 4.69) is 25.7 Å². The second-order valence-corrected chi connectivity index (χ2v) is 6.09. The topological polar surface area (TPSA) is 92.4 Å². The van der Waals surface area contributed by atoms with Gasteiger partial charge in [-0.1, -0.05) is 24.3 Å². The number of rotatable bonds is 4. The Morgan fingerprint density at radius 3 is 2.54 bits per heavy atom. The second kappa shape index (κ2) is 7.49. The van der Waals surface area contributed by atoms with Crippen LogP contribution in [0.4, 0.5) is 0 Å². The molecule has 0 bridgehead atoms. The van der Waals surface area contributed by atoms with Crippen molar-refractivity contribution in [3.63, 3.8) is 0 Å². The first kappa shape index (κ1) is 17.8. The molecule has 0 radical (unpaired) electrons. The predicted molar refractivity (Wildman–Crippen MR) is 95.3 cm³/mol. The van der Waals surface area contributed by atoms with Gasteiger partial charge in [-0.3, -0.25) is 0 Å². The van der Waals surface area contributed by atoms with Crippen molar-refractivity contribution >= 4 is 38.9 Å². The third-order valence-electron chi connectivity index (χ3n) is 3.64. The lowest BCUT2D eigenvalue weighted by Crippen LogP contribution is -2.38. The maximum Gasteiger partial charge on any atom is 0.406 e. The SMILES string of the molecule is COC(=O)c1c(COC(=O)c2ccccc2Br)nc2ccccc2[n+]1[O-]. The maximum absolute atomic E-state index is 12.5. The highest BCUT2D eigenvalue weighted by Crippen LogP contribution is 2.18. The summed E-state index contributed by atoms with van der Waals surface area (Å²) >= 11 is 3.27. The van der Waals surface area contributed by atoms with Gasteiger partial charge in [0.05, 0.1) is 12.7 Å². The van der Waals surface area contributed by atoms with Crippen molar-refractivity contribution in [1.82, 2.24) is 4.98 Å². The molecule has 0 aliphatic carbocycles. The lowest BCUT2D eigenvalue weighted by atomic mass is 10.2. The molecule has 0 atom stereocenters. The Labute approximate surface area is 156 Å². The highest BCUT2D eigenvalue weighted by atomic mass is 79.9. The van der Waals surface area contributed by atoms with E-state index in [-0.39, 0.29) is 23.5 Å². The van der Waals surface area contributed by atoms with Crippen LogP contribution in [-0.2, 0) is 16.1 Å². The fraction of sp³-hybridized carbons (Fsp3) is 0.111. The first-order valence-electron chi connectivity index (χ1n) is 7.54. The van der Waals surface area contributed by atoms with Crippen molar-refractivity contribution < 1.29 is 23.8 Å². The molecule has 2 aromatic carbocycles. The molecular formula is C18H13BrN2O5. The minimum Gasteiger partial charge on any atom is -0.618 e. The van der Waals surface area contributed by atoms with Gasteiger partial charge in [0, 0.05) is 10.5 Å². The molecule has 0 saturated heterocycles. The summed E-state index contributed by atoms with van der Waals surface area (Å²) in [4.78, 5) is 28.6. The second-order valence-electron chi connectivity index (χ2n) is 5.24. The largest absolute Gasteiger partial charge is 0.618 e. The molecule has 0 fully saturated rings. The zero-order chi connectivity index (χ0) is 18.7. The lowest BCUT2D eigenvalue weighted by molar-refractivity contribution is -0.581. The molecule has 7 nitrogen and oxygen atoms in total. The monoisotopic (exact) mass is 416 g/mol. The van der Waals surface area contributed by atoms with Crippen molar-refractivity contribution in [1.29, 1.82) is 0 Å². The van der Waals surface area contributed by atoms with Crippen molar-refractivity contribution in [3.8, 4) is 0 Å². The molecule has 0 N–H and O–H groups in total. The number of halogens is 1. The minimum atomic E-state index is -0.856. The Bertz CT molecular complexity index is 1010. The van der Waals surface area contributed by atoms with Crippen LogP contribution < -0.4 is 4.73 Å². The van der Waals surface area contributed by atoms with E-state index < -0.39 is 11.9 Å². The third kappa shape index (κ3) is 3.36. The summed E-state index contributed by atoms with van der Waals surface area (Å²) in [6.45, 7) is -0.350. The van der Waals surface area contributed by atoms with Crippen molar-refractivity contribution in [2.45, 2.75) is 6.61 Å². The van der Waals surface area contributed by atoms with Gasteiger partial charge in [-0.15, -0.1) is 0 Å². The molecule has 26 heavy (non-hydrogen) atoms. The smallest absolute Gasteiger partial charge is 0.406 e. The number of hydrogen-bond acceptors (Lipinski definition) is 6. The van der Waals surface area contributed by atoms with Crippen LogP contribution in [-0.4, -0.2) is 24.0 Å². The molecule has 132 valence electrons. The van der Waals surface area contributed by atoms with Gasteiger partial charge in [0.15, 0.2) is 5.69 Å². The summed E-state index contributed by atoms with van der Waals surface area (Å²) in [5.74, 6) is -1.47. The number of nitrogens with zero attached hydrogens (tertiary/aromatic N) is 2. The number of carbonyl (C=O) groups is 2. The number of methoxy groups -OCH3 is 1. The van der Waals surface area contributed by atoms with Crippen LogP contribution >= 0.6 is 15.9 Å². The van der Waals surface area contributed by atoms with Crippen LogP contribution in [0.5, 0.6) is 0 Å². The minimum absolute atomic E-state index is 0.0194. The van der Waals surface area contributed by atoms with E-state index in [0.717, 1.165) is 7.11 Å². The molecule has 3 rings (SSSR count). The van der Waals surface area contributed by atoms with E-state index in [0.29, 0.717) is 20.3 Å². The normalized spacial score (nSPS) is 10.5. The van der Waals surface area contributed by atoms with E-state index in [1.54, 1.807) is 48.5 Å². The molecule has 0 unspecified atom stereocenters. The van der Waals surface area contributed by atoms with Gasteiger partial charge in [0.25, 0.3) is 0 Å². The molecular weight excluding hydrogens is 404 g/mol. The molecule has 8 heteroatoms. The average Bonchev–Trinajstić information content (AvgIpc) is 2.66. The Hall–Kier alpha value is -3.00. The fourth-order valence-electron chi connectivity index (χ4n) is 2.40. The number of esters is 2. The van der Waals surface area contributed by atoms with Crippen LogP contribution in [0.3, 0.4) is 0 Å². The standard InChI is InChI=1S/C18H13BrN2O5/c1-25-18(23)16-14(20-13-8-4-5-9-15(13)21(16)24)10-26-17(22)11-6-2-3-7-12(11)19/h2-9H,10H2,1H3. The van der Waals surface area contributed by atoms with Crippen LogP contribution in [0.1, 0.15) is 26.5 Å². The Kier molecular flexibility index (Phi) is 5.13. The predicted octanol–water partition coefficient (Wildman–Crippen LogP) is 2.77. The van der Waals surface area contributed by atoms with Crippen molar-refractivity contribution in [2.24, 2.45) is 0 Å². The first-order valence-corrected chi connectivity index (χ1v) is 8.33. The molecule has 1 aromatic heterocycles. The van der Waals surface area contributed by atoms with Crippen LogP contribution in [0.15, 0.2) is 53.0 Å². The molecule has 0 aliphatic heterocycles. The number of hydrogen-bond donors (Lipinski definition) is 0. The van der Waals surface area contributed by atoms with E-state index in [9.17, 15) is 14.8 Å². The highest BCUT2D eigenvalue weighted by Gasteiger charge is 2.28. The number of aromatic nitrogens is 2. The Morgan fingerprint density at radius 1 is 1.12 bits per heavy atom. The number of fused-ring (bicyclic) bond motifs is 1. The summed E-state index contributed by atoms with van der Waals surface area (Å²) in [6.07, 6.45) is 0. The molecule has 0 amide bonds. The number of para-hydroxylation sites is 2. The first-order chi connectivity index (χ1) is 12.5. The average molecular weight is 417 g/mol. The third-order valence-corrected chi connectivity index (χ3v) is 4.34. The number of ether oxygens (including phenoxy) is 2. The summed E-state index contributed by atoms with van der Waals surface area (Å²) in [7, 11) is 1.16. The van der Waals surface area contributed by atoms with E-state index >= 15 is 0 Å². The lowest BCUT2D eigenvalue weighted by Gasteiger charge is -2.11. The van der Waals surface area contributed by atoms with E-state index in [4.69, 9.17) is 4.74 Å². The maximum atomic E-state index is 12.5. The fourth-order valence-corrected chi connectivity index (χ4v) is 2.85. The molecule has 1 heterocycles. The number of benzene rings is 2. The van der Waals surface area contributed by atoms with Gasteiger partial charge >= 0.3 is 17.6 Å². The van der Waals surface area contributed by atoms with E-state index in [1.807, 2.05) is 0 Å². The quantitative estimate of drug-likeness (QED) is 0.368. The Balaban J connectivity index is 1.97. The summed E-state index contributed by atoms with van der Waals surface area (Å²) < 4.78 is 10.9. The van der Waals surface area contributed by atoms with Gasteiger partial charge in [-0.25, -0.2) is 14.6 Å². The van der Waals surface area contributed by atoms with Gasteiger partial charge in [-0.05, 0) is 34.1 Å². The molecule has 0 spiro atoms. The van der Waals surface area contributed by atoms with Gasteiger partial charge < -0.3 is 14.7 Å². The van der Waals surface area contributed by atoms with Gasteiger partial charge in [0.1, 0.15) is 12.1 Å². The highest BCUT2D eigenvalue weighted by molar-refractivity contribution is 9.10.